The Labute approximate surface area is 80.0 Å². The Morgan fingerprint density at radius 1 is 1.54 bits per heavy atom. The second-order valence-corrected chi connectivity index (χ2v) is 6.32. The first-order valence-electron chi connectivity index (χ1n) is 4.51. The molecule has 0 amide bonds. The Bertz CT molecular complexity index is 261. The lowest BCUT2D eigenvalue weighted by atomic mass is 10.00. The molecule has 0 saturated carbocycles. The quantitative estimate of drug-likeness (QED) is 0.664. The van der Waals surface area contributed by atoms with Gasteiger partial charge in [-0.25, -0.2) is 8.42 Å². The number of nitrogens with two attached hydrogens (primary N) is 1. The van der Waals surface area contributed by atoms with Crippen LogP contribution < -0.4 is 5.73 Å². The molecule has 5 heteroatoms. The maximum Gasteiger partial charge on any atom is 0.150 e. The first kappa shape index (κ1) is 10.9. The van der Waals surface area contributed by atoms with Crippen LogP contribution in [-0.4, -0.2) is 51.5 Å². The third-order valence-corrected chi connectivity index (χ3v) is 4.24. The van der Waals surface area contributed by atoms with Crippen LogP contribution in [0.4, 0.5) is 0 Å². The zero-order chi connectivity index (χ0) is 10.1. The summed E-state index contributed by atoms with van der Waals surface area (Å²) in [7, 11) is 1.12. The van der Waals surface area contributed by atoms with E-state index in [2.05, 4.69) is 0 Å². The molecule has 4 nitrogen and oxygen atoms in total. The van der Waals surface area contributed by atoms with Crippen LogP contribution in [0.15, 0.2) is 0 Å². The minimum absolute atomic E-state index is 0.00715. The van der Waals surface area contributed by atoms with Crippen molar-refractivity contribution in [1.29, 1.82) is 0 Å². The van der Waals surface area contributed by atoms with Crippen molar-refractivity contribution in [3.63, 3.8) is 0 Å². The zero-order valence-electron chi connectivity index (χ0n) is 8.23. The molecule has 1 heterocycles. The van der Waals surface area contributed by atoms with Gasteiger partial charge in [-0.05, 0) is 26.4 Å². The van der Waals surface area contributed by atoms with Gasteiger partial charge in [0.25, 0.3) is 0 Å². The molecule has 1 saturated heterocycles. The van der Waals surface area contributed by atoms with Crippen LogP contribution in [0.25, 0.3) is 0 Å². The number of hydrogen-bond donors (Lipinski definition) is 1. The summed E-state index contributed by atoms with van der Waals surface area (Å²) >= 11 is 0. The molecular formula is C8H18N2O2S. The van der Waals surface area contributed by atoms with E-state index in [-0.39, 0.29) is 17.7 Å². The van der Waals surface area contributed by atoms with Crippen LogP contribution in [0, 0.1) is 5.92 Å². The van der Waals surface area contributed by atoms with E-state index in [4.69, 9.17) is 5.73 Å². The lowest BCUT2D eigenvalue weighted by molar-refractivity contribution is 0.323. The number of likely N-dealkylation sites (N-methyl/N-ethyl adjacent to an activating group) is 1. The monoisotopic (exact) mass is 206 g/mol. The molecule has 78 valence electrons. The molecule has 0 aromatic carbocycles. The molecule has 1 aliphatic rings. The molecule has 0 spiro atoms. The van der Waals surface area contributed by atoms with E-state index >= 15 is 0 Å². The average molecular weight is 206 g/mol. The molecular weight excluding hydrogens is 188 g/mol. The highest BCUT2D eigenvalue weighted by Gasteiger charge is 2.31. The van der Waals surface area contributed by atoms with Crippen molar-refractivity contribution in [1.82, 2.24) is 4.90 Å². The Morgan fingerprint density at radius 2 is 2.15 bits per heavy atom. The molecule has 0 aromatic rings. The van der Waals surface area contributed by atoms with Crippen molar-refractivity contribution in [3.8, 4) is 0 Å². The molecule has 1 fully saturated rings. The molecule has 0 aromatic heterocycles. The largest absolute Gasteiger partial charge is 0.326 e. The predicted octanol–water partition coefficient (Wildman–Crippen LogP) is -0.690. The average Bonchev–Trinajstić information content (AvgIpc) is 2.28. The van der Waals surface area contributed by atoms with Gasteiger partial charge in [0.05, 0.1) is 11.5 Å². The minimum atomic E-state index is -2.77. The molecule has 0 radical (unpaired) electrons. The Hall–Kier alpha value is -0.130. The first-order valence-corrected chi connectivity index (χ1v) is 6.33. The Morgan fingerprint density at radius 3 is 2.54 bits per heavy atom. The lowest BCUT2D eigenvalue weighted by Crippen LogP contribution is -2.39. The maximum absolute atomic E-state index is 11.2. The standard InChI is InChI=1S/C8H18N2O2S/c1-10(2)5-8(9)7-3-4-13(11,12)6-7/h7-8H,3-6,9H2,1-2H3. The van der Waals surface area contributed by atoms with E-state index in [9.17, 15) is 8.42 Å². The second-order valence-electron chi connectivity index (χ2n) is 4.09. The second kappa shape index (κ2) is 3.94. The molecule has 2 atom stereocenters. The van der Waals surface area contributed by atoms with Gasteiger partial charge in [0.2, 0.25) is 0 Å². The normalized spacial score (nSPS) is 29.4. The van der Waals surface area contributed by atoms with E-state index < -0.39 is 9.84 Å². The van der Waals surface area contributed by atoms with Crippen LogP contribution in [0.5, 0.6) is 0 Å². The van der Waals surface area contributed by atoms with Crippen LogP contribution in [0.1, 0.15) is 6.42 Å². The molecule has 0 aliphatic carbocycles. The SMILES string of the molecule is CN(C)CC(N)C1CCS(=O)(=O)C1. The van der Waals surface area contributed by atoms with Crippen molar-refractivity contribution in [3.05, 3.63) is 0 Å². The van der Waals surface area contributed by atoms with E-state index in [1.54, 1.807) is 0 Å². The zero-order valence-corrected chi connectivity index (χ0v) is 9.05. The van der Waals surface area contributed by atoms with E-state index in [0.717, 1.165) is 13.0 Å². The molecule has 2 unspecified atom stereocenters. The van der Waals surface area contributed by atoms with Crippen molar-refractivity contribution >= 4 is 9.84 Å². The fourth-order valence-electron chi connectivity index (χ4n) is 1.73. The van der Waals surface area contributed by atoms with Crippen LogP contribution in [0.2, 0.25) is 0 Å². The smallest absolute Gasteiger partial charge is 0.150 e. The maximum atomic E-state index is 11.2. The lowest BCUT2D eigenvalue weighted by Gasteiger charge is -2.21. The first-order chi connectivity index (χ1) is 5.91. The summed E-state index contributed by atoms with van der Waals surface area (Å²) in [5.74, 6) is 0.758. The summed E-state index contributed by atoms with van der Waals surface area (Å²) in [6, 6.07) is -0.00715. The summed E-state index contributed by atoms with van der Waals surface area (Å²) < 4.78 is 22.3. The molecule has 2 N–H and O–H groups in total. The van der Waals surface area contributed by atoms with Crippen molar-refractivity contribution < 1.29 is 8.42 Å². The number of sulfone groups is 1. The highest BCUT2D eigenvalue weighted by atomic mass is 32.2. The molecule has 13 heavy (non-hydrogen) atoms. The van der Waals surface area contributed by atoms with E-state index in [1.807, 2.05) is 19.0 Å². The summed E-state index contributed by atoms with van der Waals surface area (Å²) in [5, 5.41) is 0. The summed E-state index contributed by atoms with van der Waals surface area (Å²) in [6.45, 7) is 0.764. The molecule has 1 aliphatic heterocycles. The van der Waals surface area contributed by atoms with Gasteiger partial charge in [0.1, 0.15) is 0 Å². The van der Waals surface area contributed by atoms with Gasteiger partial charge in [-0.15, -0.1) is 0 Å². The third kappa shape index (κ3) is 3.25. The van der Waals surface area contributed by atoms with Gasteiger partial charge < -0.3 is 10.6 Å². The van der Waals surface area contributed by atoms with Crippen LogP contribution in [-0.2, 0) is 9.84 Å². The Balaban J connectivity index is 2.47. The van der Waals surface area contributed by atoms with Gasteiger partial charge in [0.15, 0.2) is 9.84 Å². The van der Waals surface area contributed by atoms with Crippen LogP contribution >= 0.6 is 0 Å². The van der Waals surface area contributed by atoms with Crippen molar-refractivity contribution in [2.45, 2.75) is 12.5 Å². The van der Waals surface area contributed by atoms with Gasteiger partial charge in [0, 0.05) is 12.6 Å². The Kier molecular flexibility index (Phi) is 3.32. The number of rotatable bonds is 3. The fourth-order valence-corrected chi connectivity index (χ4v) is 3.63. The summed E-state index contributed by atoms with van der Waals surface area (Å²) in [6.07, 6.45) is 0.733. The van der Waals surface area contributed by atoms with Gasteiger partial charge >= 0.3 is 0 Å². The predicted molar refractivity (Wildman–Crippen MR) is 53.3 cm³/mol. The van der Waals surface area contributed by atoms with Crippen LogP contribution in [0.3, 0.4) is 0 Å². The van der Waals surface area contributed by atoms with E-state index in [1.165, 1.54) is 0 Å². The molecule has 0 bridgehead atoms. The minimum Gasteiger partial charge on any atom is -0.326 e. The van der Waals surface area contributed by atoms with Crippen molar-refractivity contribution in [2.24, 2.45) is 11.7 Å². The summed E-state index contributed by atoms with van der Waals surface area (Å²) in [5.41, 5.74) is 5.89. The summed E-state index contributed by atoms with van der Waals surface area (Å²) in [4.78, 5) is 2.00. The number of nitrogens with zero attached hydrogens (tertiary/aromatic N) is 1. The third-order valence-electron chi connectivity index (χ3n) is 2.45. The number of hydrogen-bond acceptors (Lipinski definition) is 4. The van der Waals surface area contributed by atoms with Gasteiger partial charge in [-0.2, -0.15) is 0 Å². The fraction of sp³-hybridized carbons (Fsp3) is 1.00. The highest BCUT2D eigenvalue weighted by molar-refractivity contribution is 7.91. The van der Waals surface area contributed by atoms with Gasteiger partial charge in [-0.1, -0.05) is 0 Å². The van der Waals surface area contributed by atoms with Gasteiger partial charge in [-0.3, -0.25) is 0 Å². The van der Waals surface area contributed by atoms with Crippen molar-refractivity contribution in [2.75, 3.05) is 32.1 Å². The highest BCUT2D eigenvalue weighted by Crippen LogP contribution is 2.20. The topological polar surface area (TPSA) is 63.4 Å². The van der Waals surface area contributed by atoms with E-state index in [0.29, 0.717) is 5.75 Å². The molecule has 1 rings (SSSR count).